The summed E-state index contributed by atoms with van der Waals surface area (Å²) in [7, 11) is 1.92. The van der Waals surface area contributed by atoms with Gasteiger partial charge in [-0.3, -0.25) is 4.79 Å². The van der Waals surface area contributed by atoms with Crippen molar-refractivity contribution in [1.29, 1.82) is 0 Å². The zero-order valence-corrected chi connectivity index (χ0v) is 15.0. The SMILES string of the molecule is CC(CC(=O)NCCc1nc2cc(F)ccc2n1C)C1CCCNC1. The molecular weight excluding hydrogens is 319 g/mol. The summed E-state index contributed by atoms with van der Waals surface area (Å²) in [5.74, 6) is 1.66. The monoisotopic (exact) mass is 346 g/mol. The number of carbonyl (C=O) groups is 1. The van der Waals surface area contributed by atoms with Crippen LogP contribution in [0.25, 0.3) is 11.0 Å². The Morgan fingerprint density at radius 2 is 2.36 bits per heavy atom. The second kappa shape index (κ2) is 7.95. The third-order valence-electron chi connectivity index (χ3n) is 5.25. The smallest absolute Gasteiger partial charge is 0.220 e. The van der Waals surface area contributed by atoms with E-state index in [4.69, 9.17) is 0 Å². The number of fused-ring (bicyclic) bond motifs is 1. The number of benzene rings is 1. The lowest BCUT2D eigenvalue weighted by atomic mass is 9.85. The molecule has 1 fully saturated rings. The Morgan fingerprint density at radius 3 is 3.12 bits per heavy atom. The minimum absolute atomic E-state index is 0.0999. The Balaban J connectivity index is 1.49. The molecule has 2 aromatic rings. The number of nitrogens with one attached hydrogen (secondary N) is 2. The minimum atomic E-state index is -0.281. The number of hydrogen-bond acceptors (Lipinski definition) is 3. The van der Waals surface area contributed by atoms with Gasteiger partial charge in [-0.05, 0) is 49.9 Å². The molecule has 5 nitrogen and oxygen atoms in total. The zero-order valence-electron chi connectivity index (χ0n) is 15.0. The summed E-state index contributed by atoms with van der Waals surface area (Å²) in [6, 6.07) is 4.62. The molecule has 3 rings (SSSR count). The number of rotatable bonds is 6. The fraction of sp³-hybridized carbons (Fsp3) is 0.579. The van der Waals surface area contributed by atoms with Gasteiger partial charge in [0.2, 0.25) is 5.91 Å². The molecule has 25 heavy (non-hydrogen) atoms. The van der Waals surface area contributed by atoms with Crippen LogP contribution in [0.3, 0.4) is 0 Å². The van der Waals surface area contributed by atoms with Gasteiger partial charge in [-0.2, -0.15) is 0 Å². The summed E-state index contributed by atoms with van der Waals surface area (Å²) < 4.78 is 15.3. The maximum absolute atomic E-state index is 13.3. The summed E-state index contributed by atoms with van der Waals surface area (Å²) in [5.41, 5.74) is 1.56. The van der Waals surface area contributed by atoms with Crippen LogP contribution in [0.1, 0.15) is 32.0 Å². The van der Waals surface area contributed by atoms with E-state index >= 15 is 0 Å². The number of hydrogen-bond donors (Lipinski definition) is 2. The van der Waals surface area contributed by atoms with Crippen molar-refractivity contribution in [2.45, 2.75) is 32.6 Å². The number of imidazole rings is 1. The average Bonchev–Trinajstić information content (AvgIpc) is 2.91. The molecule has 1 amide bonds. The minimum Gasteiger partial charge on any atom is -0.356 e. The average molecular weight is 346 g/mol. The molecule has 1 aliphatic heterocycles. The Labute approximate surface area is 148 Å². The number of aryl methyl sites for hydroxylation is 1. The molecule has 1 aromatic carbocycles. The van der Waals surface area contributed by atoms with Gasteiger partial charge in [0, 0.05) is 32.5 Å². The third-order valence-corrected chi connectivity index (χ3v) is 5.25. The molecule has 2 unspecified atom stereocenters. The second-order valence-electron chi connectivity index (χ2n) is 7.11. The summed E-state index contributed by atoms with van der Waals surface area (Å²) in [5, 5.41) is 6.40. The third kappa shape index (κ3) is 4.37. The Hall–Kier alpha value is -1.95. The first-order chi connectivity index (χ1) is 12.0. The number of amides is 1. The molecule has 2 N–H and O–H groups in total. The fourth-order valence-electron chi connectivity index (χ4n) is 3.66. The summed E-state index contributed by atoms with van der Waals surface area (Å²) in [4.78, 5) is 16.6. The maximum atomic E-state index is 13.3. The van der Waals surface area contributed by atoms with E-state index in [9.17, 15) is 9.18 Å². The molecule has 6 heteroatoms. The molecule has 2 atom stereocenters. The van der Waals surface area contributed by atoms with Crippen LogP contribution < -0.4 is 10.6 Å². The van der Waals surface area contributed by atoms with Gasteiger partial charge in [0.15, 0.2) is 0 Å². The fourth-order valence-corrected chi connectivity index (χ4v) is 3.66. The van der Waals surface area contributed by atoms with Gasteiger partial charge >= 0.3 is 0 Å². The molecule has 0 bridgehead atoms. The highest BCUT2D eigenvalue weighted by atomic mass is 19.1. The molecule has 0 saturated carbocycles. The van der Waals surface area contributed by atoms with Crippen LogP contribution in [0.4, 0.5) is 4.39 Å². The molecule has 136 valence electrons. The van der Waals surface area contributed by atoms with Gasteiger partial charge in [0.1, 0.15) is 11.6 Å². The van der Waals surface area contributed by atoms with Gasteiger partial charge in [-0.15, -0.1) is 0 Å². The van der Waals surface area contributed by atoms with E-state index in [1.165, 1.54) is 25.0 Å². The van der Waals surface area contributed by atoms with Crippen molar-refractivity contribution in [2.75, 3.05) is 19.6 Å². The predicted molar refractivity (Wildman–Crippen MR) is 96.8 cm³/mol. The van der Waals surface area contributed by atoms with Crippen molar-refractivity contribution in [2.24, 2.45) is 18.9 Å². The lowest BCUT2D eigenvalue weighted by Crippen LogP contribution is -2.36. The normalized spacial score (nSPS) is 19.1. The molecule has 0 radical (unpaired) electrons. The zero-order chi connectivity index (χ0) is 17.8. The van der Waals surface area contributed by atoms with Gasteiger partial charge in [-0.1, -0.05) is 6.92 Å². The van der Waals surface area contributed by atoms with E-state index in [2.05, 4.69) is 22.5 Å². The van der Waals surface area contributed by atoms with Gasteiger partial charge in [0.05, 0.1) is 11.0 Å². The van der Waals surface area contributed by atoms with E-state index in [1.807, 2.05) is 11.6 Å². The van der Waals surface area contributed by atoms with E-state index < -0.39 is 0 Å². The van der Waals surface area contributed by atoms with Crippen LogP contribution >= 0.6 is 0 Å². The second-order valence-corrected chi connectivity index (χ2v) is 7.11. The predicted octanol–water partition coefficient (Wildman–Crippen LogP) is 2.40. The Kier molecular flexibility index (Phi) is 5.68. The number of nitrogens with zero attached hydrogens (tertiary/aromatic N) is 2. The Bertz CT molecular complexity index is 736. The molecule has 0 aliphatic carbocycles. The van der Waals surface area contributed by atoms with Crippen molar-refractivity contribution >= 4 is 16.9 Å². The quantitative estimate of drug-likeness (QED) is 0.844. The van der Waals surface area contributed by atoms with Crippen LogP contribution in [0.15, 0.2) is 18.2 Å². The van der Waals surface area contributed by atoms with Crippen molar-refractivity contribution in [1.82, 2.24) is 20.2 Å². The van der Waals surface area contributed by atoms with Crippen LogP contribution in [-0.4, -0.2) is 35.1 Å². The van der Waals surface area contributed by atoms with Crippen LogP contribution in [0.2, 0.25) is 0 Å². The highest BCUT2D eigenvalue weighted by Crippen LogP contribution is 2.22. The highest BCUT2D eigenvalue weighted by Gasteiger charge is 2.21. The standard InChI is InChI=1S/C19H27FN4O/c1-13(14-4-3-8-21-12-14)10-19(25)22-9-7-18-23-16-11-15(20)5-6-17(16)24(18)2/h5-6,11,13-14,21H,3-4,7-10,12H2,1-2H3,(H,22,25). The number of piperidine rings is 1. The highest BCUT2D eigenvalue weighted by molar-refractivity contribution is 5.77. The summed E-state index contributed by atoms with van der Waals surface area (Å²) in [6.45, 7) is 4.83. The van der Waals surface area contributed by atoms with E-state index in [-0.39, 0.29) is 11.7 Å². The van der Waals surface area contributed by atoms with Gasteiger partial charge in [-0.25, -0.2) is 9.37 Å². The first kappa shape index (κ1) is 17.9. The van der Waals surface area contributed by atoms with E-state index in [0.717, 1.165) is 24.4 Å². The lowest BCUT2D eigenvalue weighted by Gasteiger charge is -2.28. The largest absolute Gasteiger partial charge is 0.356 e. The van der Waals surface area contributed by atoms with Gasteiger partial charge in [0.25, 0.3) is 0 Å². The first-order valence-electron chi connectivity index (χ1n) is 9.13. The van der Waals surface area contributed by atoms with Crippen molar-refractivity contribution in [3.05, 3.63) is 29.8 Å². The maximum Gasteiger partial charge on any atom is 0.220 e. The molecule has 2 heterocycles. The van der Waals surface area contributed by atoms with Crippen LogP contribution in [-0.2, 0) is 18.3 Å². The van der Waals surface area contributed by atoms with Crippen LogP contribution in [0, 0.1) is 17.7 Å². The van der Waals surface area contributed by atoms with Crippen molar-refractivity contribution in [3.8, 4) is 0 Å². The topological polar surface area (TPSA) is 59.0 Å². The van der Waals surface area contributed by atoms with Crippen LogP contribution in [0.5, 0.6) is 0 Å². The van der Waals surface area contributed by atoms with Crippen molar-refractivity contribution in [3.63, 3.8) is 0 Å². The van der Waals surface area contributed by atoms with E-state index in [0.29, 0.717) is 36.7 Å². The van der Waals surface area contributed by atoms with Crippen molar-refractivity contribution < 1.29 is 9.18 Å². The number of carbonyl (C=O) groups excluding carboxylic acids is 1. The van der Waals surface area contributed by atoms with Gasteiger partial charge < -0.3 is 15.2 Å². The molecule has 1 aliphatic rings. The van der Waals surface area contributed by atoms with E-state index in [1.54, 1.807) is 6.07 Å². The molecule has 0 spiro atoms. The lowest BCUT2D eigenvalue weighted by molar-refractivity contribution is -0.122. The molecule has 1 saturated heterocycles. The number of aromatic nitrogens is 2. The first-order valence-corrected chi connectivity index (χ1v) is 9.13. The molecular formula is C19H27FN4O. The number of halogens is 1. The summed E-state index contributed by atoms with van der Waals surface area (Å²) in [6.07, 6.45) is 3.61. The molecule has 1 aromatic heterocycles. The summed E-state index contributed by atoms with van der Waals surface area (Å²) >= 11 is 0. The Morgan fingerprint density at radius 1 is 1.52 bits per heavy atom.